The lowest BCUT2D eigenvalue weighted by Gasteiger charge is -2.22. The van der Waals surface area contributed by atoms with Crippen molar-refractivity contribution in [3.05, 3.63) is 35.9 Å². The zero-order valence-electron chi connectivity index (χ0n) is 15.6. The van der Waals surface area contributed by atoms with Crippen LogP contribution in [0.5, 0.6) is 0 Å². The summed E-state index contributed by atoms with van der Waals surface area (Å²) < 4.78 is 2.13. The van der Waals surface area contributed by atoms with Crippen LogP contribution in [0.1, 0.15) is 31.5 Å². The van der Waals surface area contributed by atoms with Gasteiger partial charge in [-0.2, -0.15) is 15.0 Å². The number of benzene rings is 1. The Hall–Kier alpha value is -2.81. The Morgan fingerprint density at radius 3 is 2.63 bits per heavy atom. The fraction of sp³-hybridized carbons (Fsp3) is 0.500. The van der Waals surface area contributed by atoms with Crippen molar-refractivity contribution >= 4 is 16.9 Å². The second-order valence-corrected chi connectivity index (χ2v) is 7.13. The summed E-state index contributed by atoms with van der Waals surface area (Å²) in [6, 6.07) is 7.37. The molecule has 1 aliphatic heterocycles. The standard InChI is InChI=1S/C18H24N8O/c1-12(2)17(18-22-21-15-7-8-19-9-10-25(15)18)20-16(27)11-26-23-13-5-3-4-6-14(13)24-26/h3-6,12,17,19H,7-11H2,1-2H3,(H,20,27)/t17-/m0/s1. The van der Waals surface area contributed by atoms with Gasteiger partial charge in [0.15, 0.2) is 5.82 Å². The third-order valence-electron chi connectivity index (χ3n) is 4.77. The molecule has 1 atom stereocenters. The summed E-state index contributed by atoms with van der Waals surface area (Å²) in [5.74, 6) is 1.83. The lowest BCUT2D eigenvalue weighted by atomic mass is 10.0. The second kappa shape index (κ2) is 7.43. The molecule has 2 N–H and O–H groups in total. The SMILES string of the molecule is CC(C)[C@H](NC(=O)Cn1nc2ccccc2n1)c1nnc2n1CCNCC2. The van der Waals surface area contributed by atoms with Gasteiger partial charge in [-0.25, -0.2) is 0 Å². The number of nitrogens with one attached hydrogen (secondary N) is 2. The van der Waals surface area contributed by atoms with E-state index in [-0.39, 0.29) is 24.4 Å². The fourth-order valence-corrected chi connectivity index (χ4v) is 3.38. The largest absolute Gasteiger partial charge is 0.344 e. The van der Waals surface area contributed by atoms with Gasteiger partial charge in [0.25, 0.3) is 0 Å². The van der Waals surface area contributed by atoms with E-state index in [0.29, 0.717) is 0 Å². The van der Waals surface area contributed by atoms with Crippen LogP contribution < -0.4 is 10.6 Å². The number of amides is 1. The zero-order chi connectivity index (χ0) is 18.8. The number of carbonyl (C=O) groups excluding carboxylic acids is 1. The Balaban J connectivity index is 1.51. The van der Waals surface area contributed by atoms with Gasteiger partial charge in [0.1, 0.15) is 23.4 Å². The van der Waals surface area contributed by atoms with Crippen LogP contribution in [0.25, 0.3) is 11.0 Å². The number of carbonyl (C=O) groups is 1. The number of aromatic nitrogens is 6. The zero-order valence-corrected chi connectivity index (χ0v) is 15.6. The summed E-state index contributed by atoms with van der Waals surface area (Å²) in [5, 5.41) is 23.9. The predicted molar refractivity (Wildman–Crippen MR) is 99.8 cm³/mol. The van der Waals surface area contributed by atoms with Crippen LogP contribution in [-0.4, -0.2) is 48.8 Å². The number of fused-ring (bicyclic) bond motifs is 2. The highest BCUT2D eigenvalue weighted by atomic mass is 16.2. The van der Waals surface area contributed by atoms with E-state index in [0.717, 1.165) is 48.7 Å². The third-order valence-corrected chi connectivity index (χ3v) is 4.77. The van der Waals surface area contributed by atoms with E-state index in [1.165, 1.54) is 4.80 Å². The molecule has 9 nitrogen and oxygen atoms in total. The molecule has 1 aromatic carbocycles. The van der Waals surface area contributed by atoms with Gasteiger partial charge < -0.3 is 15.2 Å². The molecule has 0 radical (unpaired) electrons. The third kappa shape index (κ3) is 3.68. The Morgan fingerprint density at radius 2 is 1.93 bits per heavy atom. The highest BCUT2D eigenvalue weighted by Crippen LogP contribution is 2.21. The summed E-state index contributed by atoms with van der Waals surface area (Å²) >= 11 is 0. The van der Waals surface area contributed by atoms with Crippen molar-refractivity contribution in [2.75, 3.05) is 13.1 Å². The summed E-state index contributed by atoms with van der Waals surface area (Å²) in [5.41, 5.74) is 1.56. The highest BCUT2D eigenvalue weighted by molar-refractivity contribution is 5.77. The van der Waals surface area contributed by atoms with Crippen LogP contribution in [0.3, 0.4) is 0 Å². The molecule has 0 unspecified atom stereocenters. The van der Waals surface area contributed by atoms with Gasteiger partial charge in [-0.1, -0.05) is 26.0 Å². The average Bonchev–Trinajstić information content (AvgIpc) is 3.15. The molecule has 0 saturated carbocycles. The Morgan fingerprint density at radius 1 is 1.19 bits per heavy atom. The first kappa shape index (κ1) is 17.6. The van der Waals surface area contributed by atoms with E-state index in [9.17, 15) is 4.79 Å². The van der Waals surface area contributed by atoms with Crippen molar-refractivity contribution in [2.24, 2.45) is 5.92 Å². The summed E-state index contributed by atoms with van der Waals surface area (Å²) in [4.78, 5) is 14.1. The minimum absolute atomic E-state index is 0.0699. The monoisotopic (exact) mass is 368 g/mol. The molecule has 0 aliphatic carbocycles. The van der Waals surface area contributed by atoms with Crippen LogP contribution in [0, 0.1) is 5.92 Å². The molecule has 0 spiro atoms. The average molecular weight is 368 g/mol. The maximum Gasteiger partial charge on any atom is 0.244 e. The van der Waals surface area contributed by atoms with Crippen molar-refractivity contribution in [2.45, 2.75) is 39.4 Å². The minimum Gasteiger partial charge on any atom is -0.344 e. The van der Waals surface area contributed by atoms with Crippen LogP contribution in [0.15, 0.2) is 24.3 Å². The fourth-order valence-electron chi connectivity index (χ4n) is 3.38. The highest BCUT2D eigenvalue weighted by Gasteiger charge is 2.26. The van der Waals surface area contributed by atoms with Crippen molar-refractivity contribution < 1.29 is 4.79 Å². The molecule has 142 valence electrons. The van der Waals surface area contributed by atoms with Gasteiger partial charge in [0.2, 0.25) is 5.91 Å². The molecular weight excluding hydrogens is 344 g/mol. The first-order valence-electron chi connectivity index (χ1n) is 9.34. The topological polar surface area (TPSA) is 103 Å². The van der Waals surface area contributed by atoms with Crippen LogP contribution >= 0.6 is 0 Å². The summed E-state index contributed by atoms with van der Waals surface area (Å²) in [7, 11) is 0. The Kier molecular flexibility index (Phi) is 4.85. The number of hydrogen-bond acceptors (Lipinski definition) is 6. The molecule has 1 amide bonds. The summed E-state index contributed by atoms with van der Waals surface area (Å²) in [6.45, 7) is 6.79. The van der Waals surface area contributed by atoms with Crippen molar-refractivity contribution in [3.63, 3.8) is 0 Å². The van der Waals surface area contributed by atoms with E-state index in [1.807, 2.05) is 24.3 Å². The lowest BCUT2D eigenvalue weighted by Crippen LogP contribution is -2.36. The van der Waals surface area contributed by atoms with Crippen LogP contribution in [0.2, 0.25) is 0 Å². The molecule has 0 bridgehead atoms. The van der Waals surface area contributed by atoms with Crippen molar-refractivity contribution in [1.29, 1.82) is 0 Å². The maximum absolute atomic E-state index is 12.7. The molecule has 0 saturated heterocycles. The molecular formula is C18H24N8O. The molecule has 9 heteroatoms. The first-order chi connectivity index (χ1) is 13.1. The number of hydrogen-bond donors (Lipinski definition) is 2. The maximum atomic E-state index is 12.7. The summed E-state index contributed by atoms with van der Waals surface area (Å²) in [6.07, 6.45) is 0.843. The van der Waals surface area contributed by atoms with Gasteiger partial charge in [0.05, 0.1) is 6.04 Å². The smallest absolute Gasteiger partial charge is 0.244 e. The van der Waals surface area contributed by atoms with Crippen LogP contribution in [0.4, 0.5) is 0 Å². The van der Waals surface area contributed by atoms with Gasteiger partial charge >= 0.3 is 0 Å². The molecule has 3 heterocycles. The number of nitrogens with zero attached hydrogens (tertiary/aromatic N) is 6. The first-order valence-corrected chi connectivity index (χ1v) is 9.34. The molecule has 1 aliphatic rings. The molecule has 2 aromatic heterocycles. The van der Waals surface area contributed by atoms with Crippen molar-refractivity contribution in [1.82, 2.24) is 40.4 Å². The predicted octanol–water partition coefficient (Wildman–Crippen LogP) is 0.682. The van der Waals surface area contributed by atoms with E-state index >= 15 is 0 Å². The van der Waals surface area contributed by atoms with E-state index in [4.69, 9.17) is 0 Å². The Bertz CT molecular complexity index is 911. The van der Waals surface area contributed by atoms with E-state index in [1.54, 1.807) is 0 Å². The van der Waals surface area contributed by atoms with Gasteiger partial charge in [-0.05, 0) is 18.1 Å². The normalized spacial score (nSPS) is 15.5. The van der Waals surface area contributed by atoms with E-state index < -0.39 is 0 Å². The second-order valence-electron chi connectivity index (χ2n) is 7.13. The van der Waals surface area contributed by atoms with Gasteiger partial charge in [0, 0.05) is 26.1 Å². The molecule has 27 heavy (non-hydrogen) atoms. The van der Waals surface area contributed by atoms with Gasteiger partial charge in [-0.15, -0.1) is 10.2 Å². The van der Waals surface area contributed by atoms with Crippen LogP contribution in [-0.2, 0) is 24.3 Å². The minimum atomic E-state index is -0.207. The van der Waals surface area contributed by atoms with Gasteiger partial charge in [-0.3, -0.25) is 4.79 Å². The lowest BCUT2D eigenvalue weighted by molar-refractivity contribution is -0.123. The Labute approximate surface area is 157 Å². The number of rotatable bonds is 5. The molecule has 3 aromatic rings. The van der Waals surface area contributed by atoms with Crippen molar-refractivity contribution in [3.8, 4) is 0 Å². The molecule has 4 rings (SSSR count). The quantitative estimate of drug-likeness (QED) is 0.687. The molecule has 0 fully saturated rings. The van der Waals surface area contributed by atoms with E-state index in [2.05, 4.69) is 49.4 Å².